The fraction of sp³-hybridized carbons (Fsp3) is 0.909. The number of halogens is 3. The number of likely N-dealkylation sites (N-methyl/N-ethyl adjacent to an activating group) is 1. The van der Waals surface area contributed by atoms with Crippen LogP contribution in [0.15, 0.2) is 0 Å². The van der Waals surface area contributed by atoms with Gasteiger partial charge in [0, 0.05) is 19.1 Å². The van der Waals surface area contributed by atoms with Crippen LogP contribution in [0.2, 0.25) is 0 Å². The van der Waals surface area contributed by atoms with Gasteiger partial charge in [-0.2, -0.15) is 13.2 Å². The first kappa shape index (κ1) is 17.2. The van der Waals surface area contributed by atoms with E-state index in [2.05, 4.69) is 17.3 Å². The van der Waals surface area contributed by atoms with Crippen molar-refractivity contribution in [3.8, 4) is 0 Å². The first-order chi connectivity index (χ1) is 9.32. The molecule has 0 aromatic rings. The zero-order chi connectivity index (χ0) is 15.2. The molecule has 0 aliphatic carbocycles. The number of nitrogens with zero attached hydrogens (tertiary/aromatic N) is 1. The fourth-order valence-electron chi connectivity index (χ4n) is 1.96. The van der Waals surface area contributed by atoms with Crippen molar-refractivity contribution in [3.63, 3.8) is 0 Å². The molecule has 118 valence electrons. The van der Waals surface area contributed by atoms with Gasteiger partial charge in [-0.3, -0.25) is 4.90 Å². The maximum Gasteiger partial charge on any atom is 0.490 e. The Morgan fingerprint density at radius 1 is 1.30 bits per heavy atom. The molecule has 0 aromatic heterocycles. The highest BCUT2D eigenvalue weighted by Crippen LogP contribution is 2.13. The summed E-state index contributed by atoms with van der Waals surface area (Å²) in [7, 11) is 2.16. The van der Waals surface area contributed by atoms with Gasteiger partial charge in [-0.15, -0.1) is 0 Å². The molecule has 2 fully saturated rings. The minimum atomic E-state index is -5.08. The van der Waals surface area contributed by atoms with Crippen LogP contribution in [-0.4, -0.2) is 80.8 Å². The number of alkyl halides is 3. The predicted octanol–water partition coefficient (Wildman–Crippen LogP) is -0.0613. The second-order valence-corrected chi connectivity index (χ2v) is 4.56. The van der Waals surface area contributed by atoms with Gasteiger partial charge >= 0.3 is 12.1 Å². The third-order valence-corrected chi connectivity index (χ3v) is 3.10. The highest BCUT2D eigenvalue weighted by atomic mass is 19.4. The molecular formula is C11H19F3N2O4. The number of hydrogen-bond donors (Lipinski definition) is 2. The number of rotatable bonds is 1. The summed E-state index contributed by atoms with van der Waals surface area (Å²) in [6.07, 6.45) is -5.08. The molecular weight excluding hydrogens is 281 g/mol. The van der Waals surface area contributed by atoms with Gasteiger partial charge in [0.1, 0.15) is 0 Å². The van der Waals surface area contributed by atoms with E-state index in [1.54, 1.807) is 0 Å². The van der Waals surface area contributed by atoms with Crippen LogP contribution in [-0.2, 0) is 14.3 Å². The van der Waals surface area contributed by atoms with E-state index in [1.807, 2.05) is 0 Å². The monoisotopic (exact) mass is 300 g/mol. The molecule has 0 aromatic carbocycles. The highest BCUT2D eigenvalue weighted by Gasteiger charge is 2.38. The Morgan fingerprint density at radius 3 is 2.35 bits per heavy atom. The Morgan fingerprint density at radius 2 is 1.90 bits per heavy atom. The average Bonchev–Trinajstić information content (AvgIpc) is 2.40. The summed E-state index contributed by atoms with van der Waals surface area (Å²) in [6, 6.07) is 0.924. The zero-order valence-electron chi connectivity index (χ0n) is 11.2. The minimum absolute atomic E-state index is 0.444. The van der Waals surface area contributed by atoms with Gasteiger partial charge in [0.05, 0.1) is 32.5 Å². The number of carboxylic acid groups (broad SMARTS) is 1. The number of nitrogens with one attached hydrogen (secondary N) is 1. The van der Waals surface area contributed by atoms with Gasteiger partial charge in [0.15, 0.2) is 0 Å². The van der Waals surface area contributed by atoms with Crippen LogP contribution in [0.4, 0.5) is 13.2 Å². The van der Waals surface area contributed by atoms with E-state index < -0.39 is 12.1 Å². The molecule has 6 nitrogen and oxygen atoms in total. The van der Waals surface area contributed by atoms with Crippen molar-refractivity contribution in [2.45, 2.75) is 18.3 Å². The van der Waals surface area contributed by atoms with Crippen LogP contribution in [0.1, 0.15) is 0 Å². The van der Waals surface area contributed by atoms with Crippen LogP contribution in [0, 0.1) is 0 Å². The summed E-state index contributed by atoms with van der Waals surface area (Å²) in [5, 5.41) is 10.6. The lowest BCUT2D eigenvalue weighted by molar-refractivity contribution is -0.192. The molecule has 0 radical (unpaired) electrons. The zero-order valence-corrected chi connectivity index (χ0v) is 11.2. The lowest BCUT2D eigenvalue weighted by Gasteiger charge is -2.39. The number of hydrogen-bond acceptors (Lipinski definition) is 5. The third kappa shape index (κ3) is 5.61. The molecule has 0 unspecified atom stereocenters. The Labute approximate surface area is 114 Å². The predicted molar refractivity (Wildman–Crippen MR) is 63.5 cm³/mol. The summed E-state index contributed by atoms with van der Waals surface area (Å²) in [6.45, 7) is 5.35. The molecule has 2 rings (SSSR count). The fourth-order valence-corrected chi connectivity index (χ4v) is 1.96. The van der Waals surface area contributed by atoms with Crippen molar-refractivity contribution >= 4 is 5.97 Å². The lowest BCUT2D eigenvalue weighted by Crippen LogP contribution is -2.58. The van der Waals surface area contributed by atoms with Crippen molar-refractivity contribution in [2.24, 2.45) is 0 Å². The third-order valence-electron chi connectivity index (χ3n) is 3.10. The Bertz CT molecular complexity index is 309. The number of morpholine rings is 2. The Balaban J connectivity index is 0.000000246. The molecule has 2 saturated heterocycles. The van der Waals surface area contributed by atoms with Gasteiger partial charge in [-0.1, -0.05) is 0 Å². The number of aliphatic carboxylic acids is 1. The second kappa shape index (κ2) is 7.77. The summed E-state index contributed by atoms with van der Waals surface area (Å²) < 4.78 is 42.6. The van der Waals surface area contributed by atoms with Crippen molar-refractivity contribution < 1.29 is 32.5 Å². The average molecular weight is 300 g/mol. The largest absolute Gasteiger partial charge is 0.490 e. The maximum atomic E-state index is 10.6. The molecule has 0 saturated carbocycles. The van der Waals surface area contributed by atoms with E-state index >= 15 is 0 Å². The molecule has 2 N–H and O–H groups in total. The van der Waals surface area contributed by atoms with Crippen LogP contribution in [0.25, 0.3) is 0 Å². The van der Waals surface area contributed by atoms with Crippen molar-refractivity contribution in [1.29, 1.82) is 0 Å². The van der Waals surface area contributed by atoms with E-state index in [1.165, 1.54) is 0 Å². The van der Waals surface area contributed by atoms with Gasteiger partial charge < -0.3 is 19.9 Å². The van der Waals surface area contributed by atoms with Gasteiger partial charge in [-0.25, -0.2) is 4.79 Å². The van der Waals surface area contributed by atoms with Gasteiger partial charge in [0.25, 0.3) is 0 Å². The summed E-state index contributed by atoms with van der Waals surface area (Å²) >= 11 is 0. The normalized spacial score (nSPS) is 28.4. The highest BCUT2D eigenvalue weighted by molar-refractivity contribution is 5.73. The lowest BCUT2D eigenvalue weighted by atomic mass is 10.1. The Kier molecular flexibility index (Phi) is 6.66. The summed E-state index contributed by atoms with van der Waals surface area (Å²) in [4.78, 5) is 11.3. The molecule has 9 heteroatoms. The van der Waals surface area contributed by atoms with E-state index in [0.717, 1.165) is 39.5 Å². The van der Waals surface area contributed by atoms with Crippen LogP contribution in [0.5, 0.6) is 0 Å². The van der Waals surface area contributed by atoms with E-state index in [-0.39, 0.29) is 0 Å². The second-order valence-electron chi connectivity index (χ2n) is 4.56. The molecule has 0 spiro atoms. The topological polar surface area (TPSA) is 71.0 Å². The van der Waals surface area contributed by atoms with Gasteiger partial charge in [-0.05, 0) is 7.05 Å². The molecule has 0 bridgehead atoms. The molecule has 2 atom stereocenters. The molecule has 2 heterocycles. The van der Waals surface area contributed by atoms with Crippen LogP contribution >= 0.6 is 0 Å². The maximum absolute atomic E-state index is 10.6. The van der Waals surface area contributed by atoms with Crippen LogP contribution < -0.4 is 5.32 Å². The minimum Gasteiger partial charge on any atom is -0.475 e. The number of ether oxygens (including phenoxy) is 2. The van der Waals surface area contributed by atoms with E-state index in [9.17, 15) is 13.2 Å². The SMILES string of the molecule is CN1CCOC[C@@H]1[C@H]1COCCN1.O=C(O)C(F)(F)F. The van der Waals surface area contributed by atoms with Crippen molar-refractivity contribution in [3.05, 3.63) is 0 Å². The van der Waals surface area contributed by atoms with E-state index in [0.29, 0.717) is 12.1 Å². The Hall–Kier alpha value is -0.900. The van der Waals surface area contributed by atoms with Crippen molar-refractivity contribution in [2.75, 3.05) is 46.6 Å². The molecule has 0 amide bonds. The smallest absolute Gasteiger partial charge is 0.475 e. The number of carbonyl (C=O) groups is 1. The summed E-state index contributed by atoms with van der Waals surface area (Å²) in [5.41, 5.74) is 0. The number of carboxylic acids is 1. The van der Waals surface area contributed by atoms with Crippen molar-refractivity contribution in [1.82, 2.24) is 10.2 Å². The molecule has 20 heavy (non-hydrogen) atoms. The first-order valence-corrected chi connectivity index (χ1v) is 6.21. The van der Waals surface area contributed by atoms with Gasteiger partial charge in [0.2, 0.25) is 0 Å². The van der Waals surface area contributed by atoms with Crippen LogP contribution in [0.3, 0.4) is 0 Å². The first-order valence-electron chi connectivity index (χ1n) is 6.21. The molecule has 2 aliphatic heterocycles. The quantitative estimate of drug-likeness (QED) is 0.707. The molecule has 2 aliphatic rings. The van der Waals surface area contributed by atoms with E-state index in [4.69, 9.17) is 19.4 Å². The standard InChI is InChI=1S/C9H18N2O2.C2HF3O2/c1-11-3-5-13-7-9(11)8-6-12-4-2-10-8;3-2(4,5)1(6)7/h8-10H,2-7H2,1H3;(H,6,7)/t8-,9-;/m1./s1. The summed E-state index contributed by atoms with van der Waals surface area (Å²) in [5.74, 6) is -2.76.